The van der Waals surface area contributed by atoms with Crippen LogP contribution in [-0.4, -0.2) is 37.2 Å². The number of hydrogen-bond acceptors (Lipinski definition) is 3. The van der Waals surface area contributed by atoms with E-state index < -0.39 is 11.9 Å². The molecule has 1 N–H and O–H groups in total. The second-order valence-corrected chi connectivity index (χ2v) is 6.19. The quantitative estimate of drug-likeness (QED) is 0.614. The molecule has 0 saturated carbocycles. The van der Waals surface area contributed by atoms with Gasteiger partial charge >= 0.3 is 0 Å². The molecule has 0 spiro atoms. The number of hydrogen-bond donors (Lipinski definition) is 1. The van der Waals surface area contributed by atoms with Crippen molar-refractivity contribution in [2.24, 2.45) is 0 Å². The molecule has 0 aliphatic carbocycles. The van der Waals surface area contributed by atoms with Crippen LogP contribution in [0.25, 0.3) is 16.7 Å². The van der Waals surface area contributed by atoms with Crippen LogP contribution in [0.15, 0.2) is 36.5 Å². The molecule has 0 saturated heterocycles. The molecule has 0 unspecified atom stereocenters. The second-order valence-electron chi connectivity index (χ2n) is 6.19. The first-order valence-electron chi connectivity index (χ1n) is 7.96. The Morgan fingerprint density at radius 2 is 2.04 bits per heavy atom. The Morgan fingerprint density at radius 3 is 2.85 bits per heavy atom. The van der Waals surface area contributed by atoms with Crippen molar-refractivity contribution in [3.8, 4) is 0 Å². The number of halogens is 2. The number of nitrogens with one attached hydrogen (secondary N) is 1. The van der Waals surface area contributed by atoms with E-state index in [1.165, 1.54) is 34.7 Å². The van der Waals surface area contributed by atoms with E-state index in [0.29, 0.717) is 22.5 Å². The molecule has 0 aliphatic heterocycles. The summed E-state index contributed by atoms with van der Waals surface area (Å²) in [5.41, 5.74) is 2.18. The third-order valence-corrected chi connectivity index (χ3v) is 4.15. The lowest BCUT2D eigenvalue weighted by atomic mass is 10.3. The Hall–Kier alpha value is -3.29. The van der Waals surface area contributed by atoms with Gasteiger partial charge < -0.3 is 9.88 Å². The Morgan fingerprint density at radius 1 is 1.23 bits per heavy atom. The van der Waals surface area contributed by atoms with E-state index in [1.807, 2.05) is 6.92 Å². The van der Waals surface area contributed by atoms with Crippen LogP contribution in [0.4, 0.5) is 8.78 Å². The van der Waals surface area contributed by atoms with Gasteiger partial charge in [-0.1, -0.05) is 0 Å². The summed E-state index contributed by atoms with van der Waals surface area (Å²) in [5.74, 6) is -1.17. The largest absolute Gasteiger partial charge is 0.340 e. The van der Waals surface area contributed by atoms with Gasteiger partial charge in [-0.25, -0.2) is 14.4 Å². The zero-order valence-corrected chi connectivity index (χ0v) is 14.1. The number of imidazole rings is 2. The first-order chi connectivity index (χ1) is 12.4. The molecule has 26 heavy (non-hydrogen) atoms. The lowest BCUT2D eigenvalue weighted by Gasteiger charge is -2.14. The van der Waals surface area contributed by atoms with Crippen LogP contribution >= 0.6 is 0 Å². The normalized spacial score (nSPS) is 11.4. The van der Waals surface area contributed by atoms with Crippen molar-refractivity contribution in [3.63, 3.8) is 0 Å². The van der Waals surface area contributed by atoms with E-state index in [9.17, 15) is 13.6 Å². The molecule has 4 rings (SSSR count). The Kier molecular flexibility index (Phi) is 3.68. The molecule has 0 aliphatic rings. The zero-order valence-electron chi connectivity index (χ0n) is 14.1. The second kappa shape index (κ2) is 5.91. The van der Waals surface area contributed by atoms with Gasteiger partial charge in [-0.2, -0.15) is 4.39 Å². The topological polar surface area (TPSA) is 66.3 Å². The summed E-state index contributed by atoms with van der Waals surface area (Å²) in [4.78, 5) is 25.3. The van der Waals surface area contributed by atoms with Crippen molar-refractivity contribution >= 4 is 22.6 Å². The van der Waals surface area contributed by atoms with Gasteiger partial charge in [-0.15, -0.1) is 0 Å². The van der Waals surface area contributed by atoms with Gasteiger partial charge in [0.15, 0.2) is 5.69 Å². The van der Waals surface area contributed by atoms with Gasteiger partial charge in [0.1, 0.15) is 17.3 Å². The average molecular weight is 355 g/mol. The Balaban J connectivity index is 1.62. The number of pyridine rings is 1. The predicted octanol–water partition coefficient (Wildman–Crippen LogP) is 3.07. The highest BCUT2D eigenvalue weighted by molar-refractivity contribution is 5.93. The summed E-state index contributed by atoms with van der Waals surface area (Å²) in [7, 11) is 1.53. The van der Waals surface area contributed by atoms with Gasteiger partial charge in [0.05, 0.1) is 17.6 Å². The zero-order chi connectivity index (χ0) is 18.4. The van der Waals surface area contributed by atoms with E-state index in [2.05, 4.69) is 15.0 Å². The van der Waals surface area contributed by atoms with Crippen LogP contribution in [0.5, 0.6) is 0 Å². The minimum atomic E-state index is -0.705. The summed E-state index contributed by atoms with van der Waals surface area (Å²) < 4.78 is 29.0. The van der Waals surface area contributed by atoms with Gasteiger partial charge in [-0.3, -0.25) is 9.20 Å². The van der Waals surface area contributed by atoms with Gasteiger partial charge in [-0.05, 0) is 42.8 Å². The maximum absolute atomic E-state index is 14.5. The summed E-state index contributed by atoms with van der Waals surface area (Å²) in [6.07, 6.45) is 1.54. The fraction of sp³-hybridized carbons (Fsp3) is 0.167. The third kappa shape index (κ3) is 2.69. The fourth-order valence-corrected chi connectivity index (χ4v) is 2.84. The number of H-pyrrole nitrogens is 1. The molecule has 0 bridgehead atoms. The predicted molar refractivity (Wildman–Crippen MR) is 91.7 cm³/mol. The van der Waals surface area contributed by atoms with Crippen LogP contribution in [-0.2, 0) is 6.54 Å². The molecule has 1 aromatic carbocycles. The van der Waals surface area contributed by atoms with Crippen molar-refractivity contribution < 1.29 is 13.6 Å². The number of benzene rings is 1. The molecular formula is C18H15F2N5O. The average Bonchev–Trinajstić information content (AvgIpc) is 3.13. The van der Waals surface area contributed by atoms with E-state index in [1.54, 1.807) is 18.2 Å². The first kappa shape index (κ1) is 16.2. The Labute approximate surface area is 147 Å². The maximum Gasteiger partial charge on any atom is 0.277 e. The number of aryl methyl sites for hydroxylation is 1. The molecule has 132 valence electrons. The summed E-state index contributed by atoms with van der Waals surface area (Å²) in [5, 5.41) is 0. The molecule has 3 heterocycles. The highest BCUT2D eigenvalue weighted by Gasteiger charge is 2.23. The van der Waals surface area contributed by atoms with Gasteiger partial charge in [0.25, 0.3) is 5.91 Å². The smallest absolute Gasteiger partial charge is 0.277 e. The number of carbonyl (C=O) groups excluding carboxylic acids is 1. The van der Waals surface area contributed by atoms with Crippen LogP contribution in [0, 0.1) is 18.7 Å². The highest BCUT2D eigenvalue weighted by atomic mass is 19.1. The van der Waals surface area contributed by atoms with E-state index in [-0.39, 0.29) is 18.1 Å². The summed E-state index contributed by atoms with van der Waals surface area (Å²) in [6.45, 7) is 1.98. The third-order valence-electron chi connectivity index (χ3n) is 4.15. The summed E-state index contributed by atoms with van der Waals surface area (Å²) >= 11 is 0. The number of fused-ring (bicyclic) bond motifs is 2. The number of rotatable bonds is 3. The van der Waals surface area contributed by atoms with Crippen molar-refractivity contribution in [2.75, 3.05) is 7.05 Å². The molecule has 0 radical (unpaired) electrons. The van der Waals surface area contributed by atoms with E-state index >= 15 is 0 Å². The van der Waals surface area contributed by atoms with E-state index in [4.69, 9.17) is 0 Å². The number of aromatic amines is 1. The highest BCUT2D eigenvalue weighted by Crippen LogP contribution is 2.17. The maximum atomic E-state index is 14.5. The van der Waals surface area contributed by atoms with Crippen LogP contribution < -0.4 is 0 Å². The Bertz CT molecular complexity index is 1150. The number of nitrogens with zero attached hydrogens (tertiary/aromatic N) is 4. The van der Waals surface area contributed by atoms with Crippen molar-refractivity contribution in [3.05, 3.63) is 65.4 Å². The minimum absolute atomic E-state index is 0.113. The minimum Gasteiger partial charge on any atom is -0.340 e. The first-order valence-corrected chi connectivity index (χ1v) is 7.96. The fourth-order valence-electron chi connectivity index (χ4n) is 2.84. The van der Waals surface area contributed by atoms with Gasteiger partial charge in [0, 0.05) is 13.2 Å². The molecule has 4 aromatic rings. The SMILES string of the molecule is Cc1ccn2c(F)c(C(=O)N(C)Cc3nc4ccc(F)cc4[nH]3)nc2c1. The molecule has 1 amide bonds. The molecule has 8 heteroatoms. The van der Waals surface area contributed by atoms with Crippen LogP contribution in [0.1, 0.15) is 21.9 Å². The van der Waals surface area contributed by atoms with Gasteiger partial charge in [0.2, 0.25) is 5.95 Å². The number of aromatic nitrogens is 4. The molecule has 0 atom stereocenters. The lowest BCUT2D eigenvalue weighted by molar-refractivity contribution is 0.0771. The van der Waals surface area contributed by atoms with Crippen LogP contribution in [0.3, 0.4) is 0 Å². The lowest BCUT2D eigenvalue weighted by Crippen LogP contribution is -2.27. The van der Waals surface area contributed by atoms with Crippen LogP contribution in [0.2, 0.25) is 0 Å². The summed E-state index contributed by atoms with van der Waals surface area (Å²) in [6, 6.07) is 7.64. The standard InChI is InChI=1S/C18H15F2N5O/c1-10-5-6-25-15(7-10)23-16(17(25)20)18(26)24(2)9-14-21-12-4-3-11(19)8-13(12)22-14/h3-8H,9H2,1-2H3,(H,21,22). The van der Waals surface area contributed by atoms with E-state index in [0.717, 1.165) is 5.56 Å². The molecular weight excluding hydrogens is 340 g/mol. The van der Waals surface area contributed by atoms with Crippen molar-refractivity contribution in [1.29, 1.82) is 0 Å². The molecule has 3 aromatic heterocycles. The monoisotopic (exact) mass is 355 g/mol. The molecule has 6 nitrogen and oxygen atoms in total. The number of carbonyl (C=O) groups is 1. The van der Waals surface area contributed by atoms with Crippen molar-refractivity contribution in [2.45, 2.75) is 13.5 Å². The number of amides is 1. The van der Waals surface area contributed by atoms with Crippen molar-refractivity contribution in [1.82, 2.24) is 24.3 Å². The molecule has 0 fully saturated rings.